The van der Waals surface area contributed by atoms with Gasteiger partial charge in [-0.3, -0.25) is 15.1 Å². The van der Waals surface area contributed by atoms with Gasteiger partial charge in [-0.15, -0.1) is 11.8 Å². The molecular weight excluding hydrogens is 294 g/mol. The minimum Gasteiger partial charge on any atom is -0.323 e. The van der Waals surface area contributed by atoms with E-state index in [2.05, 4.69) is 15.6 Å². The van der Waals surface area contributed by atoms with Crippen LogP contribution in [0.15, 0.2) is 24.4 Å². The summed E-state index contributed by atoms with van der Waals surface area (Å²) in [7, 11) is 0. The van der Waals surface area contributed by atoms with E-state index in [1.165, 1.54) is 0 Å². The van der Waals surface area contributed by atoms with Gasteiger partial charge in [0.15, 0.2) is 0 Å². The van der Waals surface area contributed by atoms with Crippen LogP contribution >= 0.6 is 23.4 Å². The molecule has 0 bridgehead atoms. The molecule has 1 aromatic heterocycles. The van der Waals surface area contributed by atoms with E-state index in [4.69, 9.17) is 11.6 Å². The molecule has 1 amide bonds. The Morgan fingerprint density at radius 3 is 3.20 bits per heavy atom. The van der Waals surface area contributed by atoms with Gasteiger partial charge in [-0.05, 0) is 30.7 Å². The van der Waals surface area contributed by atoms with Crippen molar-refractivity contribution in [3.8, 4) is 0 Å². The Kier molecular flexibility index (Phi) is 3.83. The number of thioether (sulfide) groups is 1. The molecule has 1 unspecified atom stereocenters. The molecule has 1 aromatic carbocycles. The summed E-state index contributed by atoms with van der Waals surface area (Å²) in [5, 5.41) is 7.50. The van der Waals surface area contributed by atoms with Crippen molar-refractivity contribution in [2.45, 2.75) is 13.0 Å². The maximum absolute atomic E-state index is 12.2. The van der Waals surface area contributed by atoms with E-state index in [1.807, 2.05) is 25.1 Å². The fourth-order valence-electron chi connectivity index (χ4n) is 2.28. The second-order valence-corrected chi connectivity index (χ2v) is 6.15. The summed E-state index contributed by atoms with van der Waals surface area (Å²) in [6, 6.07) is 5.44. The van der Waals surface area contributed by atoms with Crippen LogP contribution in [-0.4, -0.2) is 28.6 Å². The highest BCUT2D eigenvalue weighted by Gasteiger charge is 2.23. The first-order chi connectivity index (χ1) is 9.66. The highest BCUT2D eigenvalue weighted by atomic mass is 35.5. The minimum atomic E-state index is -0.163. The molecule has 1 aliphatic heterocycles. The van der Waals surface area contributed by atoms with Gasteiger partial charge in [0.2, 0.25) is 5.91 Å². The molecule has 4 nitrogen and oxygen atoms in total. The van der Waals surface area contributed by atoms with Crippen LogP contribution < -0.4 is 10.6 Å². The lowest BCUT2D eigenvalue weighted by Gasteiger charge is -2.14. The van der Waals surface area contributed by atoms with Gasteiger partial charge in [0, 0.05) is 23.2 Å². The Hall–Kier alpha value is -1.30. The van der Waals surface area contributed by atoms with Gasteiger partial charge in [-0.1, -0.05) is 11.6 Å². The molecule has 0 radical (unpaired) electrons. The van der Waals surface area contributed by atoms with Crippen molar-refractivity contribution in [2.24, 2.45) is 0 Å². The number of rotatable bonds is 2. The first-order valence-electron chi connectivity index (χ1n) is 6.32. The van der Waals surface area contributed by atoms with Crippen LogP contribution in [0.2, 0.25) is 5.02 Å². The summed E-state index contributed by atoms with van der Waals surface area (Å²) in [4.78, 5) is 16.6. The summed E-state index contributed by atoms with van der Waals surface area (Å²) in [6.45, 7) is 1.96. The van der Waals surface area contributed by atoms with Crippen molar-refractivity contribution in [1.82, 2.24) is 10.3 Å². The van der Waals surface area contributed by atoms with E-state index < -0.39 is 0 Å². The molecule has 0 spiro atoms. The molecule has 20 heavy (non-hydrogen) atoms. The normalized spacial score (nSPS) is 18.4. The summed E-state index contributed by atoms with van der Waals surface area (Å²) in [6.07, 6.45) is 1.74. The third kappa shape index (κ3) is 2.49. The Balaban J connectivity index is 2.00. The number of pyridine rings is 1. The summed E-state index contributed by atoms with van der Waals surface area (Å²) >= 11 is 8.01. The molecule has 104 valence electrons. The van der Waals surface area contributed by atoms with Crippen molar-refractivity contribution in [2.75, 3.05) is 16.9 Å². The zero-order valence-corrected chi connectivity index (χ0v) is 12.5. The first-order valence-corrected chi connectivity index (χ1v) is 7.86. The van der Waals surface area contributed by atoms with Gasteiger partial charge in [-0.2, -0.15) is 0 Å². The van der Waals surface area contributed by atoms with Crippen molar-refractivity contribution >= 4 is 45.9 Å². The fraction of sp³-hybridized carbons (Fsp3) is 0.286. The first kappa shape index (κ1) is 13.7. The van der Waals surface area contributed by atoms with Gasteiger partial charge in [0.25, 0.3) is 0 Å². The van der Waals surface area contributed by atoms with Gasteiger partial charge in [0.1, 0.15) is 0 Å². The lowest BCUT2D eigenvalue weighted by molar-refractivity contribution is -0.117. The largest absolute Gasteiger partial charge is 0.323 e. The van der Waals surface area contributed by atoms with Crippen LogP contribution in [0.5, 0.6) is 0 Å². The molecule has 0 aliphatic carbocycles. The van der Waals surface area contributed by atoms with Crippen LogP contribution in [0.25, 0.3) is 10.9 Å². The number of nitrogens with one attached hydrogen (secondary N) is 2. The smallest absolute Gasteiger partial charge is 0.242 e. The number of anilines is 1. The number of fused-ring (bicyclic) bond motifs is 1. The molecule has 2 heterocycles. The number of hydrogen-bond donors (Lipinski definition) is 2. The number of amides is 1. The van der Waals surface area contributed by atoms with E-state index in [0.29, 0.717) is 10.7 Å². The molecule has 1 atom stereocenters. The second-order valence-electron chi connectivity index (χ2n) is 4.71. The molecule has 1 saturated heterocycles. The summed E-state index contributed by atoms with van der Waals surface area (Å²) in [5.74, 6) is 1.54. The average molecular weight is 308 g/mol. The highest BCUT2D eigenvalue weighted by molar-refractivity contribution is 7.99. The lowest BCUT2D eigenvalue weighted by Crippen LogP contribution is -2.37. The van der Waals surface area contributed by atoms with Crippen LogP contribution in [-0.2, 0) is 4.79 Å². The molecular formula is C14H14ClN3OS. The number of benzene rings is 1. The number of nitrogens with zero attached hydrogens (tertiary/aromatic N) is 1. The quantitative estimate of drug-likeness (QED) is 0.896. The summed E-state index contributed by atoms with van der Waals surface area (Å²) in [5.41, 5.74) is 2.50. The molecule has 6 heteroatoms. The molecule has 2 aromatic rings. The van der Waals surface area contributed by atoms with Crippen LogP contribution in [0, 0.1) is 6.92 Å². The molecule has 0 saturated carbocycles. The Morgan fingerprint density at radius 1 is 1.60 bits per heavy atom. The summed E-state index contributed by atoms with van der Waals surface area (Å²) < 4.78 is 0. The van der Waals surface area contributed by atoms with E-state index in [0.717, 1.165) is 28.1 Å². The topological polar surface area (TPSA) is 54.0 Å². The monoisotopic (exact) mass is 307 g/mol. The zero-order chi connectivity index (χ0) is 14.1. The number of carbonyl (C=O) groups excluding carboxylic acids is 1. The van der Waals surface area contributed by atoms with Gasteiger partial charge >= 0.3 is 0 Å². The number of aryl methyl sites for hydroxylation is 1. The predicted molar refractivity (Wildman–Crippen MR) is 84.4 cm³/mol. The zero-order valence-electron chi connectivity index (χ0n) is 10.9. The van der Waals surface area contributed by atoms with Crippen LogP contribution in [0.4, 0.5) is 5.69 Å². The van der Waals surface area contributed by atoms with Crippen LogP contribution in [0.3, 0.4) is 0 Å². The van der Waals surface area contributed by atoms with E-state index >= 15 is 0 Å². The van der Waals surface area contributed by atoms with E-state index in [9.17, 15) is 4.79 Å². The lowest BCUT2D eigenvalue weighted by atomic mass is 10.1. The minimum absolute atomic E-state index is 0.0501. The maximum atomic E-state index is 12.2. The van der Waals surface area contributed by atoms with E-state index in [1.54, 1.807) is 18.0 Å². The third-order valence-corrected chi connectivity index (χ3v) is 4.55. The third-order valence-electron chi connectivity index (χ3n) is 3.31. The van der Waals surface area contributed by atoms with Crippen molar-refractivity contribution in [3.63, 3.8) is 0 Å². The number of halogens is 1. The Bertz CT molecular complexity index is 671. The molecule has 2 N–H and O–H groups in total. The second kappa shape index (κ2) is 5.60. The van der Waals surface area contributed by atoms with Gasteiger partial charge in [0.05, 0.1) is 22.3 Å². The van der Waals surface area contributed by atoms with Gasteiger partial charge in [-0.25, -0.2) is 0 Å². The van der Waals surface area contributed by atoms with E-state index in [-0.39, 0.29) is 11.9 Å². The number of aromatic nitrogens is 1. The number of hydrogen-bond acceptors (Lipinski definition) is 4. The predicted octanol–water partition coefficient (Wildman–Crippen LogP) is 2.80. The van der Waals surface area contributed by atoms with Crippen molar-refractivity contribution in [3.05, 3.63) is 35.0 Å². The van der Waals surface area contributed by atoms with Gasteiger partial charge < -0.3 is 5.32 Å². The van der Waals surface area contributed by atoms with Crippen LogP contribution in [0.1, 0.15) is 5.56 Å². The Morgan fingerprint density at radius 2 is 2.45 bits per heavy atom. The molecule has 3 rings (SSSR count). The SMILES string of the molecule is Cc1cc(Cl)c(NC(=O)C2CSCN2)c2cccnc12. The maximum Gasteiger partial charge on any atom is 0.242 e. The number of carbonyl (C=O) groups is 1. The highest BCUT2D eigenvalue weighted by Crippen LogP contribution is 2.32. The Labute approximate surface area is 126 Å². The average Bonchev–Trinajstić information content (AvgIpc) is 2.97. The standard InChI is InChI=1S/C14H14ClN3OS/c1-8-5-10(15)13(9-3-2-4-16-12(8)9)18-14(19)11-6-20-7-17-11/h2-5,11,17H,6-7H2,1H3,(H,18,19). The molecule has 1 fully saturated rings. The van der Waals surface area contributed by atoms with Crippen molar-refractivity contribution in [1.29, 1.82) is 0 Å². The molecule has 1 aliphatic rings. The van der Waals surface area contributed by atoms with Crippen molar-refractivity contribution < 1.29 is 4.79 Å². The fourth-order valence-corrected chi connectivity index (χ4v) is 3.54.